The predicted octanol–water partition coefficient (Wildman–Crippen LogP) is 1.53. The average Bonchev–Trinajstić information content (AvgIpc) is 2.01. The van der Waals surface area contributed by atoms with Crippen LogP contribution >= 0.6 is 0 Å². The third kappa shape index (κ3) is 3.35. The molecule has 0 amide bonds. The summed E-state index contributed by atoms with van der Waals surface area (Å²) in [4.78, 5) is 13.4. The normalized spacial score (nSPS) is 12.3. The van der Waals surface area contributed by atoms with E-state index in [2.05, 4.69) is 13.8 Å². The fourth-order valence-corrected chi connectivity index (χ4v) is 1.18. The van der Waals surface area contributed by atoms with Gasteiger partial charge >= 0.3 is 5.97 Å². The summed E-state index contributed by atoms with van der Waals surface area (Å²) in [6.45, 7) is 8.90. The molecule has 0 fully saturated rings. The van der Waals surface area contributed by atoms with E-state index in [-0.39, 0.29) is 5.97 Å². The molecule has 0 bridgehead atoms. The van der Waals surface area contributed by atoms with Gasteiger partial charge in [-0.1, -0.05) is 13.8 Å². The maximum Gasteiger partial charge on any atom is 0.325 e. The molecule has 0 aliphatic rings. The van der Waals surface area contributed by atoms with Crippen LogP contribution in [0.25, 0.3) is 0 Å². The van der Waals surface area contributed by atoms with E-state index in [1.807, 2.05) is 25.8 Å². The van der Waals surface area contributed by atoms with Crippen molar-refractivity contribution in [3.05, 3.63) is 0 Å². The van der Waals surface area contributed by atoms with Crippen LogP contribution in [0.1, 0.15) is 27.7 Å². The molecule has 0 aromatic carbocycles. The topological polar surface area (TPSA) is 29.5 Å². The Morgan fingerprint density at radius 2 is 1.92 bits per heavy atom. The van der Waals surface area contributed by atoms with Crippen molar-refractivity contribution in [1.29, 1.82) is 0 Å². The molecular formula is C10H21NO2. The summed E-state index contributed by atoms with van der Waals surface area (Å²) < 4.78 is 4.74. The van der Waals surface area contributed by atoms with E-state index in [0.29, 0.717) is 5.92 Å². The fraction of sp³-hybridized carbons (Fsp3) is 0.900. The minimum absolute atomic E-state index is 0.185. The highest BCUT2D eigenvalue weighted by atomic mass is 16.5. The molecule has 0 N–H and O–H groups in total. The summed E-state index contributed by atoms with van der Waals surface area (Å²) >= 11 is 0. The zero-order valence-corrected chi connectivity index (χ0v) is 9.55. The predicted molar refractivity (Wildman–Crippen MR) is 53.6 cm³/mol. The first-order valence-corrected chi connectivity index (χ1v) is 4.62. The molecule has 0 radical (unpaired) electrons. The Kier molecular flexibility index (Phi) is 4.40. The van der Waals surface area contributed by atoms with Gasteiger partial charge in [0.1, 0.15) is 5.54 Å². The molecule has 0 aromatic rings. The first kappa shape index (κ1) is 12.4. The zero-order chi connectivity index (χ0) is 10.6. The van der Waals surface area contributed by atoms with Crippen LogP contribution < -0.4 is 0 Å². The van der Waals surface area contributed by atoms with Crippen molar-refractivity contribution in [2.75, 3.05) is 20.7 Å². The van der Waals surface area contributed by atoms with Crippen molar-refractivity contribution in [3.8, 4) is 0 Å². The number of rotatable bonds is 4. The van der Waals surface area contributed by atoms with Crippen molar-refractivity contribution in [2.45, 2.75) is 33.2 Å². The summed E-state index contributed by atoms with van der Waals surface area (Å²) in [5.74, 6) is 0.365. The van der Waals surface area contributed by atoms with Gasteiger partial charge in [0, 0.05) is 6.54 Å². The summed E-state index contributed by atoms with van der Waals surface area (Å²) in [7, 11) is 3.37. The highest BCUT2D eigenvalue weighted by Crippen LogP contribution is 2.15. The Hall–Kier alpha value is -0.570. The molecule has 0 spiro atoms. The maximum absolute atomic E-state index is 11.4. The standard InChI is InChI=1S/C10H21NO2/c1-8(2)7-11(5)10(3,4)9(12)13-6/h8H,7H2,1-6H3. The summed E-state index contributed by atoms with van der Waals surface area (Å²) in [6, 6.07) is 0. The first-order chi connectivity index (χ1) is 5.82. The Labute approximate surface area is 81.1 Å². The first-order valence-electron chi connectivity index (χ1n) is 4.62. The van der Waals surface area contributed by atoms with Crippen molar-refractivity contribution in [2.24, 2.45) is 5.92 Å². The minimum Gasteiger partial charge on any atom is -0.468 e. The molecular weight excluding hydrogens is 166 g/mol. The van der Waals surface area contributed by atoms with Gasteiger partial charge in [-0.25, -0.2) is 0 Å². The second-order valence-electron chi connectivity index (χ2n) is 4.32. The number of hydrogen-bond donors (Lipinski definition) is 0. The molecule has 13 heavy (non-hydrogen) atoms. The molecule has 0 atom stereocenters. The van der Waals surface area contributed by atoms with E-state index in [1.165, 1.54) is 7.11 Å². The third-order valence-electron chi connectivity index (χ3n) is 2.28. The van der Waals surface area contributed by atoms with Gasteiger partial charge in [0.25, 0.3) is 0 Å². The van der Waals surface area contributed by atoms with Crippen molar-refractivity contribution < 1.29 is 9.53 Å². The molecule has 3 heteroatoms. The number of esters is 1. The number of hydrogen-bond acceptors (Lipinski definition) is 3. The van der Waals surface area contributed by atoms with Crippen LogP contribution in [0.3, 0.4) is 0 Å². The van der Waals surface area contributed by atoms with Gasteiger partial charge in [-0.3, -0.25) is 9.69 Å². The molecule has 0 saturated carbocycles. The number of methoxy groups -OCH3 is 1. The van der Waals surface area contributed by atoms with Crippen molar-refractivity contribution in [1.82, 2.24) is 4.90 Å². The van der Waals surface area contributed by atoms with E-state index in [4.69, 9.17) is 4.74 Å². The van der Waals surface area contributed by atoms with Gasteiger partial charge in [-0.05, 0) is 26.8 Å². The number of carbonyl (C=O) groups excluding carboxylic acids is 1. The van der Waals surface area contributed by atoms with Crippen LogP contribution in [0.2, 0.25) is 0 Å². The number of ether oxygens (including phenoxy) is 1. The highest BCUT2D eigenvalue weighted by Gasteiger charge is 2.33. The van der Waals surface area contributed by atoms with E-state index in [9.17, 15) is 4.79 Å². The highest BCUT2D eigenvalue weighted by molar-refractivity contribution is 5.79. The van der Waals surface area contributed by atoms with Gasteiger partial charge in [-0.15, -0.1) is 0 Å². The fourth-order valence-electron chi connectivity index (χ4n) is 1.18. The van der Waals surface area contributed by atoms with E-state index in [0.717, 1.165) is 6.54 Å². The average molecular weight is 187 g/mol. The SMILES string of the molecule is COC(=O)C(C)(C)N(C)CC(C)C. The van der Waals surface area contributed by atoms with Crippen molar-refractivity contribution >= 4 is 5.97 Å². The molecule has 0 unspecified atom stereocenters. The van der Waals surface area contributed by atoms with Crippen molar-refractivity contribution in [3.63, 3.8) is 0 Å². The maximum atomic E-state index is 11.4. The van der Waals surface area contributed by atoms with Gasteiger partial charge in [0.15, 0.2) is 0 Å². The second kappa shape index (κ2) is 4.61. The number of likely N-dealkylation sites (N-methyl/N-ethyl adjacent to an activating group) is 1. The van der Waals surface area contributed by atoms with Crippen LogP contribution in [-0.4, -0.2) is 37.1 Å². The molecule has 78 valence electrons. The van der Waals surface area contributed by atoms with E-state index in [1.54, 1.807) is 0 Å². The Morgan fingerprint density at radius 1 is 1.46 bits per heavy atom. The van der Waals surface area contributed by atoms with Gasteiger partial charge in [0.05, 0.1) is 7.11 Å². The minimum atomic E-state index is -0.529. The van der Waals surface area contributed by atoms with Crippen LogP contribution in [-0.2, 0) is 9.53 Å². The zero-order valence-electron chi connectivity index (χ0n) is 9.55. The van der Waals surface area contributed by atoms with Gasteiger partial charge < -0.3 is 4.74 Å². The molecule has 0 aromatic heterocycles. The quantitative estimate of drug-likeness (QED) is 0.625. The molecule has 0 aliphatic carbocycles. The number of carbonyl (C=O) groups is 1. The lowest BCUT2D eigenvalue weighted by Crippen LogP contribution is -2.49. The lowest BCUT2D eigenvalue weighted by Gasteiger charge is -2.33. The lowest BCUT2D eigenvalue weighted by atomic mass is 10.0. The van der Waals surface area contributed by atoms with Crippen LogP contribution in [0.15, 0.2) is 0 Å². The van der Waals surface area contributed by atoms with Gasteiger partial charge in [0.2, 0.25) is 0 Å². The molecule has 0 rings (SSSR count). The second-order valence-corrected chi connectivity index (χ2v) is 4.32. The summed E-state index contributed by atoms with van der Waals surface area (Å²) in [5, 5.41) is 0. The van der Waals surface area contributed by atoms with E-state index >= 15 is 0 Å². The Balaban J connectivity index is 4.35. The molecule has 0 saturated heterocycles. The Morgan fingerprint density at radius 3 is 2.23 bits per heavy atom. The number of nitrogens with zero attached hydrogens (tertiary/aromatic N) is 1. The lowest BCUT2D eigenvalue weighted by molar-refractivity contribution is -0.152. The third-order valence-corrected chi connectivity index (χ3v) is 2.28. The Bertz CT molecular complexity index is 176. The van der Waals surface area contributed by atoms with Crippen LogP contribution in [0.5, 0.6) is 0 Å². The monoisotopic (exact) mass is 187 g/mol. The van der Waals surface area contributed by atoms with Crippen LogP contribution in [0, 0.1) is 5.92 Å². The summed E-state index contributed by atoms with van der Waals surface area (Å²) in [5.41, 5.74) is -0.529. The molecule has 3 nitrogen and oxygen atoms in total. The molecule has 0 aliphatic heterocycles. The van der Waals surface area contributed by atoms with Gasteiger partial charge in [-0.2, -0.15) is 0 Å². The smallest absolute Gasteiger partial charge is 0.325 e. The molecule has 0 heterocycles. The summed E-state index contributed by atoms with van der Waals surface area (Å²) in [6.07, 6.45) is 0. The largest absolute Gasteiger partial charge is 0.468 e. The van der Waals surface area contributed by atoms with E-state index < -0.39 is 5.54 Å². The van der Waals surface area contributed by atoms with Crippen LogP contribution in [0.4, 0.5) is 0 Å².